The van der Waals surface area contributed by atoms with Gasteiger partial charge in [0, 0.05) is 12.6 Å². The lowest BCUT2D eigenvalue weighted by Gasteiger charge is -2.13. The number of carbonyl (C=O) groups is 1. The van der Waals surface area contributed by atoms with Crippen LogP contribution in [0.4, 0.5) is 14.5 Å². The molecule has 0 aliphatic carbocycles. The van der Waals surface area contributed by atoms with Crippen molar-refractivity contribution in [3.63, 3.8) is 0 Å². The number of rotatable bonds is 4. The first-order valence-corrected chi connectivity index (χ1v) is 6.84. The normalized spacial score (nSPS) is 18.9. The van der Waals surface area contributed by atoms with Crippen molar-refractivity contribution in [2.24, 2.45) is 11.7 Å². The van der Waals surface area contributed by atoms with E-state index in [4.69, 9.17) is 5.73 Å². The summed E-state index contributed by atoms with van der Waals surface area (Å²) in [6, 6.07) is 1.82. The van der Waals surface area contributed by atoms with Crippen LogP contribution in [0.5, 0.6) is 0 Å². The molecule has 98 valence electrons. The Balaban J connectivity index is 2.11. The summed E-state index contributed by atoms with van der Waals surface area (Å²) in [5.74, 6) is 0.108. The predicted molar refractivity (Wildman–Crippen MR) is 68.8 cm³/mol. The van der Waals surface area contributed by atoms with Crippen molar-refractivity contribution in [3.05, 3.63) is 29.3 Å². The topological polar surface area (TPSA) is 55.1 Å². The minimum absolute atomic E-state index is 0.127. The van der Waals surface area contributed by atoms with Gasteiger partial charge in [-0.1, -0.05) is 0 Å². The lowest BCUT2D eigenvalue weighted by atomic mass is 10.1. The molecule has 1 aliphatic rings. The molecule has 1 aliphatic heterocycles. The lowest BCUT2D eigenvalue weighted by molar-refractivity contribution is 0.0996. The number of hydrogen-bond acceptors (Lipinski definition) is 3. The van der Waals surface area contributed by atoms with Gasteiger partial charge in [0.25, 0.3) is 5.91 Å². The highest BCUT2D eigenvalue weighted by atomic mass is 32.2. The van der Waals surface area contributed by atoms with Crippen molar-refractivity contribution in [2.45, 2.75) is 6.42 Å². The zero-order chi connectivity index (χ0) is 13.1. The summed E-state index contributed by atoms with van der Waals surface area (Å²) in [6.07, 6.45) is 1.09. The second kappa shape index (κ2) is 5.56. The van der Waals surface area contributed by atoms with Crippen LogP contribution in [-0.4, -0.2) is 24.0 Å². The maximum atomic E-state index is 13.5. The summed E-state index contributed by atoms with van der Waals surface area (Å²) in [5, 5.41) is 2.91. The molecule has 0 aromatic heterocycles. The average Bonchev–Trinajstić information content (AvgIpc) is 2.80. The fourth-order valence-corrected chi connectivity index (χ4v) is 3.16. The molecule has 0 radical (unpaired) electrons. The third-order valence-corrected chi connectivity index (χ3v) is 4.16. The Bertz CT molecular complexity index is 462. The Labute approximate surface area is 108 Å². The van der Waals surface area contributed by atoms with Gasteiger partial charge in [-0.3, -0.25) is 4.79 Å². The highest BCUT2D eigenvalue weighted by molar-refractivity contribution is 7.99. The molecule has 1 aromatic carbocycles. The molecule has 0 saturated carbocycles. The summed E-state index contributed by atoms with van der Waals surface area (Å²) in [4.78, 5) is 11.0. The summed E-state index contributed by atoms with van der Waals surface area (Å²) in [5.41, 5.74) is 4.85. The second-order valence-corrected chi connectivity index (χ2v) is 5.44. The minimum Gasteiger partial charge on any atom is -0.382 e. The van der Waals surface area contributed by atoms with Crippen LogP contribution in [0.25, 0.3) is 0 Å². The van der Waals surface area contributed by atoms with E-state index in [2.05, 4.69) is 5.32 Å². The number of primary amides is 1. The van der Waals surface area contributed by atoms with Gasteiger partial charge in [-0.2, -0.15) is 11.8 Å². The van der Waals surface area contributed by atoms with Crippen LogP contribution in [0, 0.1) is 17.6 Å². The Morgan fingerprint density at radius 3 is 2.83 bits per heavy atom. The SMILES string of the molecule is NC(=O)c1cc(NCC2CCSC2)c(F)cc1F. The number of nitrogens with one attached hydrogen (secondary N) is 1. The van der Waals surface area contributed by atoms with Crippen LogP contribution in [0.2, 0.25) is 0 Å². The highest BCUT2D eigenvalue weighted by Gasteiger charge is 2.17. The summed E-state index contributed by atoms with van der Waals surface area (Å²) >= 11 is 1.86. The van der Waals surface area contributed by atoms with Gasteiger partial charge in [-0.25, -0.2) is 8.78 Å². The van der Waals surface area contributed by atoms with Crippen LogP contribution in [-0.2, 0) is 0 Å². The van der Waals surface area contributed by atoms with Gasteiger partial charge in [0.1, 0.15) is 11.6 Å². The van der Waals surface area contributed by atoms with E-state index in [1.54, 1.807) is 0 Å². The fraction of sp³-hybridized carbons (Fsp3) is 0.417. The largest absolute Gasteiger partial charge is 0.382 e. The van der Waals surface area contributed by atoms with E-state index < -0.39 is 17.5 Å². The van der Waals surface area contributed by atoms with Crippen molar-refractivity contribution in [1.82, 2.24) is 0 Å². The summed E-state index contributed by atoms with van der Waals surface area (Å²) in [7, 11) is 0. The smallest absolute Gasteiger partial charge is 0.251 e. The fourth-order valence-electron chi connectivity index (χ4n) is 1.87. The Hall–Kier alpha value is -1.30. The number of hydrogen-bond donors (Lipinski definition) is 2. The molecule has 1 atom stereocenters. The first kappa shape index (κ1) is 13.1. The van der Waals surface area contributed by atoms with Gasteiger partial charge in [0.15, 0.2) is 0 Å². The van der Waals surface area contributed by atoms with Crippen molar-refractivity contribution in [1.29, 1.82) is 0 Å². The lowest BCUT2D eigenvalue weighted by Crippen LogP contribution is -2.17. The van der Waals surface area contributed by atoms with E-state index >= 15 is 0 Å². The molecule has 1 saturated heterocycles. The molecule has 1 heterocycles. The van der Waals surface area contributed by atoms with E-state index in [-0.39, 0.29) is 11.3 Å². The van der Waals surface area contributed by atoms with Crippen LogP contribution in [0.1, 0.15) is 16.8 Å². The molecule has 18 heavy (non-hydrogen) atoms. The van der Waals surface area contributed by atoms with E-state index in [1.165, 1.54) is 0 Å². The van der Waals surface area contributed by atoms with E-state index in [9.17, 15) is 13.6 Å². The van der Waals surface area contributed by atoms with Crippen LogP contribution in [0.3, 0.4) is 0 Å². The highest BCUT2D eigenvalue weighted by Crippen LogP contribution is 2.25. The molecule has 3 N–H and O–H groups in total. The van der Waals surface area contributed by atoms with Crippen LogP contribution in [0.15, 0.2) is 12.1 Å². The number of amides is 1. The quantitative estimate of drug-likeness (QED) is 0.883. The van der Waals surface area contributed by atoms with Gasteiger partial charge >= 0.3 is 0 Å². The van der Waals surface area contributed by atoms with Gasteiger partial charge in [0.2, 0.25) is 0 Å². The van der Waals surface area contributed by atoms with Crippen LogP contribution < -0.4 is 11.1 Å². The molecule has 0 spiro atoms. The summed E-state index contributed by atoms with van der Waals surface area (Å²) < 4.78 is 26.8. The van der Waals surface area contributed by atoms with E-state index in [0.29, 0.717) is 18.5 Å². The van der Waals surface area contributed by atoms with Gasteiger partial charge < -0.3 is 11.1 Å². The molecule has 3 nitrogen and oxygen atoms in total. The third kappa shape index (κ3) is 2.93. The average molecular weight is 272 g/mol. The zero-order valence-electron chi connectivity index (χ0n) is 9.71. The summed E-state index contributed by atoms with van der Waals surface area (Å²) in [6.45, 7) is 0.619. The molecular formula is C12H14F2N2OS. The third-order valence-electron chi connectivity index (χ3n) is 2.93. The first-order chi connectivity index (χ1) is 8.58. The molecule has 1 fully saturated rings. The molecule has 2 rings (SSSR count). The van der Waals surface area contributed by atoms with Crippen molar-refractivity contribution >= 4 is 23.4 Å². The Kier molecular flexibility index (Phi) is 4.06. The second-order valence-electron chi connectivity index (χ2n) is 4.29. The van der Waals surface area contributed by atoms with Crippen molar-refractivity contribution < 1.29 is 13.6 Å². The molecule has 1 unspecified atom stereocenters. The number of carbonyl (C=O) groups excluding carboxylic acids is 1. The maximum Gasteiger partial charge on any atom is 0.251 e. The van der Waals surface area contributed by atoms with Gasteiger partial charge in [-0.05, 0) is 29.9 Å². The number of halogens is 2. The molecular weight excluding hydrogens is 258 g/mol. The van der Waals surface area contributed by atoms with Crippen LogP contribution >= 0.6 is 11.8 Å². The monoisotopic (exact) mass is 272 g/mol. The number of thioether (sulfide) groups is 1. The molecule has 0 bridgehead atoms. The predicted octanol–water partition coefficient (Wildman–Crippen LogP) is 2.23. The van der Waals surface area contributed by atoms with Crippen molar-refractivity contribution in [3.8, 4) is 0 Å². The zero-order valence-corrected chi connectivity index (χ0v) is 10.5. The van der Waals surface area contributed by atoms with Crippen molar-refractivity contribution in [2.75, 3.05) is 23.4 Å². The first-order valence-electron chi connectivity index (χ1n) is 5.68. The maximum absolute atomic E-state index is 13.5. The van der Waals surface area contributed by atoms with Gasteiger partial charge in [-0.15, -0.1) is 0 Å². The molecule has 1 aromatic rings. The molecule has 6 heteroatoms. The minimum atomic E-state index is -0.929. The Morgan fingerprint density at radius 1 is 1.44 bits per heavy atom. The number of anilines is 1. The number of benzene rings is 1. The van der Waals surface area contributed by atoms with E-state index in [0.717, 1.165) is 24.0 Å². The standard InChI is InChI=1S/C12H14F2N2OS/c13-9-4-10(14)11(3-8(9)12(15)17)16-5-7-1-2-18-6-7/h3-4,7,16H,1-2,5-6H2,(H2,15,17). The van der Waals surface area contributed by atoms with Gasteiger partial charge in [0.05, 0.1) is 11.3 Å². The van der Waals surface area contributed by atoms with E-state index in [1.807, 2.05) is 11.8 Å². The Morgan fingerprint density at radius 2 is 2.22 bits per heavy atom. The number of nitrogens with two attached hydrogens (primary N) is 1. The molecule has 1 amide bonds.